The van der Waals surface area contributed by atoms with Gasteiger partial charge in [-0.05, 0) is 25.3 Å². The minimum Gasteiger partial charge on any atom is -0.458 e. The number of benzene rings is 1. The quantitative estimate of drug-likeness (QED) is 0.365. The molecular formula is C14H19NO3. The van der Waals surface area contributed by atoms with Crippen molar-refractivity contribution in [2.45, 2.75) is 39.2 Å². The van der Waals surface area contributed by atoms with Crippen LogP contribution in [0.4, 0.5) is 0 Å². The van der Waals surface area contributed by atoms with Gasteiger partial charge in [0.2, 0.25) is 0 Å². The second-order valence-electron chi connectivity index (χ2n) is 4.16. The number of aryl methyl sites for hydroxylation is 1. The van der Waals surface area contributed by atoms with E-state index in [-0.39, 0.29) is 11.8 Å². The molecule has 0 bridgehead atoms. The Morgan fingerprint density at radius 3 is 2.61 bits per heavy atom. The number of hydrogen-bond donors (Lipinski definition) is 1. The molecule has 1 rings (SSSR count). The first-order chi connectivity index (χ1) is 8.67. The van der Waals surface area contributed by atoms with Crippen molar-refractivity contribution in [2.75, 3.05) is 0 Å². The lowest BCUT2D eigenvalue weighted by Crippen LogP contribution is -2.23. The molecule has 98 valence electrons. The van der Waals surface area contributed by atoms with Gasteiger partial charge < -0.3 is 9.94 Å². The maximum atomic E-state index is 11.7. The zero-order valence-corrected chi connectivity index (χ0v) is 10.8. The average Bonchev–Trinajstić information content (AvgIpc) is 2.40. The first-order valence-corrected chi connectivity index (χ1v) is 6.13. The van der Waals surface area contributed by atoms with Crippen LogP contribution in [0, 0.1) is 0 Å². The highest BCUT2D eigenvalue weighted by molar-refractivity contribution is 6.36. The van der Waals surface area contributed by atoms with Crippen molar-refractivity contribution in [2.24, 2.45) is 5.16 Å². The van der Waals surface area contributed by atoms with Crippen molar-refractivity contribution in [3.63, 3.8) is 0 Å². The number of nitrogens with zero attached hydrogens (tertiary/aromatic N) is 1. The van der Waals surface area contributed by atoms with Crippen LogP contribution in [0.3, 0.4) is 0 Å². The number of hydrogen-bond acceptors (Lipinski definition) is 4. The van der Waals surface area contributed by atoms with Crippen LogP contribution in [-0.4, -0.2) is 23.0 Å². The SMILES string of the molecule is CCC(C)OC(=O)C(CCc1ccccc1)=NO. The fourth-order valence-electron chi connectivity index (χ4n) is 1.43. The topological polar surface area (TPSA) is 58.9 Å². The van der Waals surface area contributed by atoms with Crippen molar-refractivity contribution in [1.82, 2.24) is 0 Å². The lowest BCUT2D eigenvalue weighted by atomic mass is 10.1. The number of oxime groups is 1. The van der Waals surface area contributed by atoms with Gasteiger partial charge in [0.15, 0.2) is 5.71 Å². The summed E-state index contributed by atoms with van der Waals surface area (Å²) in [5.74, 6) is -0.539. The van der Waals surface area contributed by atoms with Crippen molar-refractivity contribution >= 4 is 11.7 Å². The summed E-state index contributed by atoms with van der Waals surface area (Å²) in [6.07, 6.45) is 1.60. The average molecular weight is 249 g/mol. The summed E-state index contributed by atoms with van der Waals surface area (Å²) in [5.41, 5.74) is 1.16. The third-order valence-electron chi connectivity index (χ3n) is 2.73. The standard InChI is InChI=1S/C14H19NO3/c1-3-11(2)18-14(16)13(15-17)10-9-12-7-5-4-6-8-12/h4-8,11,17H,3,9-10H2,1-2H3. The van der Waals surface area contributed by atoms with Crippen molar-refractivity contribution in [3.8, 4) is 0 Å². The monoisotopic (exact) mass is 249 g/mol. The Morgan fingerprint density at radius 2 is 2.06 bits per heavy atom. The molecule has 0 spiro atoms. The van der Waals surface area contributed by atoms with Gasteiger partial charge in [-0.15, -0.1) is 0 Å². The molecule has 0 amide bonds. The number of rotatable bonds is 6. The summed E-state index contributed by atoms with van der Waals surface area (Å²) in [6, 6.07) is 9.73. The first-order valence-electron chi connectivity index (χ1n) is 6.13. The summed E-state index contributed by atoms with van der Waals surface area (Å²) in [6.45, 7) is 3.74. The highest BCUT2D eigenvalue weighted by Crippen LogP contribution is 2.06. The molecule has 0 aliphatic carbocycles. The van der Waals surface area contributed by atoms with E-state index in [1.165, 1.54) is 0 Å². The number of esters is 1. The van der Waals surface area contributed by atoms with Gasteiger partial charge in [-0.2, -0.15) is 0 Å². The van der Waals surface area contributed by atoms with Gasteiger partial charge in [0.1, 0.15) is 0 Å². The normalized spacial score (nSPS) is 13.1. The van der Waals surface area contributed by atoms with Crippen LogP contribution in [0.1, 0.15) is 32.3 Å². The fraction of sp³-hybridized carbons (Fsp3) is 0.429. The molecule has 4 nitrogen and oxygen atoms in total. The van der Waals surface area contributed by atoms with E-state index in [1.807, 2.05) is 44.2 Å². The smallest absolute Gasteiger partial charge is 0.356 e. The van der Waals surface area contributed by atoms with Crippen molar-refractivity contribution in [3.05, 3.63) is 35.9 Å². The van der Waals surface area contributed by atoms with Gasteiger partial charge in [-0.3, -0.25) is 0 Å². The Morgan fingerprint density at radius 1 is 1.39 bits per heavy atom. The molecule has 0 fully saturated rings. The van der Waals surface area contributed by atoms with E-state index in [9.17, 15) is 4.79 Å². The van der Waals surface area contributed by atoms with Gasteiger partial charge in [-0.1, -0.05) is 42.4 Å². The number of carbonyl (C=O) groups is 1. The lowest BCUT2D eigenvalue weighted by molar-refractivity contribution is -0.140. The predicted octanol–water partition coefficient (Wildman–Crippen LogP) is 2.79. The van der Waals surface area contributed by atoms with Crippen LogP contribution >= 0.6 is 0 Å². The molecule has 1 aromatic carbocycles. The van der Waals surface area contributed by atoms with Gasteiger partial charge >= 0.3 is 5.97 Å². The minimum atomic E-state index is -0.539. The highest BCUT2D eigenvalue weighted by atomic mass is 16.5. The molecular weight excluding hydrogens is 230 g/mol. The van der Waals surface area contributed by atoms with Gasteiger partial charge in [0.25, 0.3) is 0 Å². The van der Waals surface area contributed by atoms with E-state index in [1.54, 1.807) is 0 Å². The maximum absolute atomic E-state index is 11.7. The second kappa shape index (κ2) is 7.48. The molecule has 0 radical (unpaired) electrons. The summed E-state index contributed by atoms with van der Waals surface area (Å²) in [5, 5.41) is 11.9. The Hall–Kier alpha value is -1.84. The Bertz CT molecular complexity index is 401. The van der Waals surface area contributed by atoms with E-state index >= 15 is 0 Å². The molecule has 1 unspecified atom stereocenters. The third-order valence-corrected chi connectivity index (χ3v) is 2.73. The molecule has 0 aliphatic rings. The van der Waals surface area contributed by atoms with Gasteiger partial charge in [0.05, 0.1) is 6.10 Å². The van der Waals surface area contributed by atoms with Crippen LogP contribution in [0.15, 0.2) is 35.5 Å². The second-order valence-corrected chi connectivity index (χ2v) is 4.16. The summed E-state index contributed by atoms with van der Waals surface area (Å²) in [4.78, 5) is 11.7. The number of carbonyl (C=O) groups excluding carboxylic acids is 1. The van der Waals surface area contributed by atoms with E-state index in [2.05, 4.69) is 5.16 Å². The molecule has 0 aromatic heterocycles. The molecule has 0 heterocycles. The molecule has 1 N–H and O–H groups in total. The van der Waals surface area contributed by atoms with Crippen molar-refractivity contribution in [1.29, 1.82) is 0 Å². The largest absolute Gasteiger partial charge is 0.458 e. The fourth-order valence-corrected chi connectivity index (χ4v) is 1.43. The molecule has 18 heavy (non-hydrogen) atoms. The van der Waals surface area contributed by atoms with Crippen molar-refractivity contribution < 1.29 is 14.7 Å². The summed E-state index contributed by atoms with van der Waals surface area (Å²) >= 11 is 0. The molecule has 0 saturated carbocycles. The van der Waals surface area contributed by atoms with Crippen LogP contribution < -0.4 is 0 Å². The lowest BCUT2D eigenvalue weighted by Gasteiger charge is -2.11. The van der Waals surface area contributed by atoms with Gasteiger partial charge in [-0.25, -0.2) is 4.79 Å². The minimum absolute atomic E-state index is 0.0687. The first kappa shape index (κ1) is 14.2. The molecule has 1 aromatic rings. The van der Waals surface area contributed by atoms with E-state index < -0.39 is 5.97 Å². The van der Waals surface area contributed by atoms with Crippen LogP contribution in [0.25, 0.3) is 0 Å². The molecule has 1 atom stereocenters. The molecule has 4 heteroatoms. The van der Waals surface area contributed by atoms with E-state index in [0.717, 1.165) is 12.0 Å². The summed E-state index contributed by atoms with van der Waals surface area (Å²) < 4.78 is 5.11. The maximum Gasteiger partial charge on any atom is 0.356 e. The van der Waals surface area contributed by atoms with Crippen LogP contribution in [0.2, 0.25) is 0 Å². The van der Waals surface area contributed by atoms with E-state index in [4.69, 9.17) is 9.94 Å². The summed E-state index contributed by atoms with van der Waals surface area (Å²) in [7, 11) is 0. The zero-order valence-electron chi connectivity index (χ0n) is 10.8. The Balaban J connectivity index is 2.50. The predicted molar refractivity (Wildman–Crippen MR) is 69.8 cm³/mol. The van der Waals surface area contributed by atoms with E-state index in [0.29, 0.717) is 12.8 Å². The molecule has 0 aliphatic heterocycles. The zero-order chi connectivity index (χ0) is 13.4. The highest BCUT2D eigenvalue weighted by Gasteiger charge is 2.16. The Kier molecular flexibility index (Phi) is 5.91. The third kappa shape index (κ3) is 4.57. The van der Waals surface area contributed by atoms with Crippen LogP contribution in [0.5, 0.6) is 0 Å². The van der Waals surface area contributed by atoms with Crippen LogP contribution in [-0.2, 0) is 16.0 Å². The Labute approximate surface area is 107 Å². The molecule has 0 saturated heterocycles. The van der Waals surface area contributed by atoms with Gasteiger partial charge in [0, 0.05) is 6.42 Å². The number of ether oxygens (including phenoxy) is 1.